The molecule has 2 aromatic carbocycles. The molecule has 3 aromatic rings. The molecule has 3 rings (SSSR count). The van der Waals surface area contributed by atoms with Gasteiger partial charge in [0.2, 0.25) is 0 Å². The maximum absolute atomic E-state index is 12.1. The number of ether oxygens (including phenoxy) is 1. The number of nitrogens with one attached hydrogen (secondary N) is 1. The Balaban J connectivity index is 1.85. The Bertz CT molecular complexity index is 861. The number of hydrogen-bond donors (Lipinski definition) is 1. The molecular formula is C18H18ClN3O2. The normalized spacial score (nSPS) is 12.3. The molecule has 1 unspecified atom stereocenters. The summed E-state index contributed by atoms with van der Waals surface area (Å²) in [6.45, 7) is 0.428. The molecule has 0 aliphatic heterocycles. The zero-order valence-corrected chi connectivity index (χ0v) is 14.2. The molecule has 0 amide bonds. The van der Waals surface area contributed by atoms with Crippen LogP contribution < -0.4 is 5.32 Å². The summed E-state index contributed by atoms with van der Waals surface area (Å²) in [5.74, 6) is 0.486. The number of rotatable bonds is 5. The first kappa shape index (κ1) is 16.5. The standard InChI is InChI=1S/C18H18ClN3O2/c1-22-15-9-8-13(19)10-14(15)21-16(22)11-20-17(18(23)24-2)12-6-4-3-5-7-12/h3-10,17,20H,11H2,1-2H3. The van der Waals surface area contributed by atoms with Crippen LogP contribution in [-0.2, 0) is 23.1 Å². The Labute approximate surface area is 145 Å². The third kappa shape index (κ3) is 3.27. The molecule has 0 aliphatic rings. The number of aromatic nitrogens is 2. The van der Waals surface area contributed by atoms with E-state index < -0.39 is 6.04 Å². The van der Waals surface area contributed by atoms with E-state index in [0.29, 0.717) is 11.6 Å². The van der Waals surface area contributed by atoms with Crippen molar-refractivity contribution in [3.63, 3.8) is 0 Å². The van der Waals surface area contributed by atoms with E-state index in [2.05, 4.69) is 10.3 Å². The Morgan fingerprint density at radius 2 is 2.04 bits per heavy atom. The first-order valence-corrected chi connectivity index (χ1v) is 7.95. The number of halogens is 1. The van der Waals surface area contributed by atoms with Gasteiger partial charge in [-0.05, 0) is 23.8 Å². The van der Waals surface area contributed by atoms with Crippen LogP contribution >= 0.6 is 11.6 Å². The molecule has 0 saturated carbocycles. The number of esters is 1. The van der Waals surface area contributed by atoms with Gasteiger partial charge >= 0.3 is 5.97 Å². The molecule has 1 N–H and O–H groups in total. The van der Waals surface area contributed by atoms with E-state index in [1.807, 2.05) is 60.1 Å². The van der Waals surface area contributed by atoms with Crippen LogP contribution in [0.1, 0.15) is 17.4 Å². The van der Waals surface area contributed by atoms with E-state index in [0.717, 1.165) is 22.4 Å². The van der Waals surface area contributed by atoms with E-state index in [-0.39, 0.29) is 5.97 Å². The second-order valence-corrected chi connectivity index (χ2v) is 5.90. The summed E-state index contributed by atoms with van der Waals surface area (Å²) in [7, 11) is 3.33. The van der Waals surface area contributed by atoms with E-state index in [4.69, 9.17) is 16.3 Å². The molecule has 5 nitrogen and oxygen atoms in total. The average molecular weight is 344 g/mol. The van der Waals surface area contributed by atoms with Gasteiger partial charge in [0.05, 0.1) is 24.7 Å². The Hall–Kier alpha value is -2.37. The molecule has 1 atom stereocenters. The predicted octanol–water partition coefficient (Wildman–Crippen LogP) is 3.23. The number of carbonyl (C=O) groups is 1. The monoisotopic (exact) mass is 343 g/mol. The van der Waals surface area contributed by atoms with Crippen LogP contribution in [0.4, 0.5) is 0 Å². The molecule has 0 saturated heterocycles. The van der Waals surface area contributed by atoms with Crippen molar-refractivity contribution in [3.8, 4) is 0 Å². The highest BCUT2D eigenvalue weighted by atomic mass is 35.5. The summed E-state index contributed by atoms with van der Waals surface area (Å²) in [5.41, 5.74) is 2.67. The highest BCUT2D eigenvalue weighted by molar-refractivity contribution is 6.31. The summed E-state index contributed by atoms with van der Waals surface area (Å²) in [6.07, 6.45) is 0. The van der Waals surface area contributed by atoms with Crippen LogP contribution in [0.2, 0.25) is 5.02 Å². The Morgan fingerprint density at radius 1 is 1.29 bits per heavy atom. The van der Waals surface area contributed by atoms with Gasteiger partial charge in [0.25, 0.3) is 0 Å². The number of benzene rings is 2. The molecule has 1 heterocycles. The fraction of sp³-hybridized carbons (Fsp3) is 0.222. The zero-order chi connectivity index (χ0) is 17.1. The van der Waals surface area contributed by atoms with Crippen LogP contribution in [-0.4, -0.2) is 22.6 Å². The average Bonchev–Trinajstić information content (AvgIpc) is 2.91. The molecule has 0 spiro atoms. The lowest BCUT2D eigenvalue weighted by molar-refractivity contribution is -0.143. The number of aryl methyl sites for hydroxylation is 1. The largest absolute Gasteiger partial charge is 0.468 e. The lowest BCUT2D eigenvalue weighted by atomic mass is 10.1. The van der Waals surface area contributed by atoms with Crippen molar-refractivity contribution < 1.29 is 9.53 Å². The van der Waals surface area contributed by atoms with Gasteiger partial charge in [-0.2, -0.15) is 0 Å². The number of imidazole rings is 1. The summed E-state index contributed by atoms with van der Waals surface area (Å²) in [6, 6.07) is 14.5. The fourth-order valence-electron chi connectivity index (χ4n) is 2.67. The van der Waals surface area contributed by atoms with E-state index in [1.54, 1.807) is 0 Å². The third-order valence-electron chi connectivity index (χ3n) is 3.97. The van der Waals surface area contributed by atoms with Gasteiger partial charge in [0, 0.05) is 12.1 Å². The molecule has 0 fully saturated rings. The van der Waals surface area contributed by atoms with Crippen molar-refractivity contribution in [2.75, 3.05) is 7.11 Å². The van der Waals surface area contributed by atoms with Crippen molar-refractivity contribution in [1.29, 1.82) is 0 Å². The van der Waals surface area contributed by atoms with Crippen molar-refractivity contribution >= 4 is 28.6 Å². The van der Waals surface area contributed by atoms with Crippen LogP contribution in [0.3, 0.4) is 0 Å². The molecule has 24 heavy (non-hydrogen) atoms. The maximum atomic E-state index is 12.1. The number of hydrogen-bond acceptors (Lipinski definition) is 4. The Kier molecular flexibility index (Phi) is 4.83. The van der Waals surface area contributed by atoms with Gasteiger partial charge < -0.3 is 9.30 Å². The first-order valence-electron chi connectivity index (χ1n) is 7.57. The number of methoxy groups -OCH3 is 1. The van der Waals surface area contributed by atoms with Gasteiger partial charge in [-0.25, -0.2) is 9.78 Å². The van der Waals surface area contributed by atoms with Gasteiger partial charge in [0.15, 0.2) is 0 Å². The molecule has 0 bridgehead atoms. The van der Waals surface area contributed by atoms with E-state index >= 15 is 0 Å². The molecular weight excluding hydrogens is 326 g/mol. The smallest absolute Gasteiger partial charge is 0.327 e. The van der Waals surface area contributed by atoms with Gasteiger partial charge in [0.1, 0.15) is 11.9 Å². The molecule has 0 radical (unpaired) electrons. The number of nitrogens with zero attached hydrogens (tertiary/aromatic N) is 2. The maximum Gasteiger partial charge on any atom is 0.327 e. The van der Waals surface area contributed by atoms with E-state index in [9.17, 15) is 4.79 Å². The van der Waals surface area contributed by atoms with Crippen molar-refractivity contribution in [3.05, 3.63) is 64.9 Å². The van der Waals surface area contributed by atoms with Crippen LogP contribution in [0.5, 0.6) is 0 Å². The minimum absolute atomic E-state index is 0.331. The summed E-state index contributed by atoms with van der Waals surface area (Å²) in [5, 5.41) is 3.88. The third-order valence-corrected chi connectivity index (χ3v) is 4.20. The van der Waals surface area contributed by atoms with Gasteiger partial charge in [-0.15, -0.1) is 0 Å². The van der Waals surface area contributed by atoms with Crippen LogP contribution in [0.25, 0.3) is 11.0 Å². The highest BCUT2D eigenvalue weighted by Gasteiger charge is 2.21. The first-order chi connectivity index (χ1) is 11.6. The van der Waals surface area contributed by atoms with Crippen LogP contribution in [0.15, 0.2) is 48.5 Å². The van der Waals surface area contributed by atoms with Gasteiger partial charge in [-0.1, -0.05) is 41.9 Å². The second kappa shape index (κ2) is 7.03. The van der Waals surface area contributed by atoms with Crippen LogP contribution in [0, 0.1) is 0 Å². The minimum atomic E-state index is -0.542. The lowest BCUT2D eigenvalue weighted by Crippen LogP contribution is -2.30. The Morgan fingerprint density at radius 3 is 2.75 bits per heavy atom. The van der Waals surface area contributed by atoms with Gasteiger partial charge in [-0.3, -0.25) is 5.32 Å². The molecule has 0 aliphatic carbocycles. The number of fused-ring (bicyclic) bond motifs is 1. The lowest BCUT2D eigenvalue weighted by Gasteiger charge is -2.16. The minimum Gasteiger partial charge on any atom is -0.468 e. The van der Waals surface area contributed by atoms with E-state index in [1.165, 1.54) is 7.11 Å². The summed E-state index contributed by atoms with van der Waals surface area (Å²) >= 11 is 6.02. The SMILES string of the molecule is COC(=O)C(NCc1nc2cc(Cl)ccc2n1C)c1ccccc1. The summed E-state index contributed by atoms with van der Waals surface area (Å²) in [4.78, 5) is 16.7. The van der Waals surface area contributed by atoms with Crippen molar-refractivity contribution in [2.45, 2.75) is 12.6 Å². The summed E-state index contributed by atoms with van der Waals surface area (Å²) < 4.78 is 6.90. The topological polar surface area (TPSA) is 56.1 Å². The van der Waals surface area contributed by atoms with Crippen molar-refractivity contribution in [1.82, 2.24) is 14.9 Å². The fourth-order valence-corrected chi connectivity index (χ4v) is 2.84. The molecule has 1 aromatic heterocycles. The number of carbonyl (C=O) groups excluding carboxylic acids is 1. The molecule has 124 valence electrons. The quantitative estimate of drug-likeness (QED) is 0.723. The predicted molar refractivity (Wildman–Crippen MR) is 93.8 cm³/mol. The second-order valence-electron chi connectivity index (χ2n) is 5.47. The highest BCUT2D eigenvalue weighted by Crippen LogP contribution is 2.20. The zero-order valence-electron chi connectivity index (χ0n) is 13.5. The molecule has 6 heteroatoms. The van der Waals surface area contributed by atoms with Crippen molar-refractivity contribution in [2.24, 2.45) is 7.05 Å².